The number of amides is 1. The van der Waals surface area contributed by atoms with Gasteiger partial charge in [-0.1, -0.05) is 52.8 Å². The molecular weight excluding hydrogens is 408 g/mol. The average Bonchev–Trinajstić information content (AvgIpc) is 3.15. The highest BCUT2D eigenvalue weighted by Gasteiger charge is 2.54. The first-order valence-electron chi connectivity index (χ1n) is 9.85. The average molecular weight is 432 g/mol. The summed E-state index contributed by atoms with van der Waals surface area (Å²) in [5, 5.41) is 10.4. The predicted octanol–water partition coefficient (Wildman–Crippen LogP) is 0.896. The Labute approximate surface area is 176 Å². The number of hydrogen-bond donors (Lipinski definition) is 1. The topological polar surface area (TPSA) is 96.4 Å². The van der Waals surface area contributed by atoms with Gasteiger partial charge in [-0.15, -0.1) is 0 Å². The van der Waals surface area contributed by atoms with E-state index in [0.29, 0.717) is 19.4 Å². The van der Waals surface area contributed by atoms with Crippen LogP contribution in [0.25, 0.3) is 0 Å². The molecule has 1 atom stereocenters. The third kappa shape index (κ3) is 3.78. The summed E-state index contributed by atoms with van der Waals surface area (Å²) in [4.78, 5) is 38.8. The minimum atomic E-state index is -2.53. The summed E-state index contributed by atoms with van der Waals surface area (Å²) >= 11 is 0. The highest BCUT2D eigenvalue weighted by atomic mass is 32.3. The van der Waals surface area contributed by atoms with Gasteiger partial charge < -0.3 is 18.4 Å². The Balaban J connectivity index is 1.29. The fourth-order valence-electron chi connectivity index (χ4n) is 3.96. The molecule has 3 fully saturated rings. The van der Waals surface area contributed by atoms with Crippen LogP contribution in [-0.2, 0) is 28.4 Å². The number of aliphatic hydroxyl groups is 1. The second-order valence-electron chi connectivity index (χ2n) is 7.70. The second kappa shape index (κ2) is 7.95. The van der Waals surface area contributed by atoms with Gasteiger partial charge in [0.25, 0.3) is 0 Å². The van der Waals surface area contributed by atoms with Crippen molar-refractivity contribution in [2.24, 2.45) is 0 Å². The molecule has 8 nitrogen and oxygen atoms in total. The first-order valence-corrected chi connectivity index (χ1v) is 11.6. The zero-order chi connectivity index (χ0) is 21.4. The van der Waals surface area contributed by atoms with E-state index in [0.717, 1.165) is 18.7 Å². The fraction of sp³-hybridized carbons (Fsp3) is 0.476. The van der Waals surface area contributed by atoms with Gasteiger partial charge in [-0.2, -0.15) is 0 Å². The molecule has 0 aliphatic carbocycles. The number of hydrogen-bond acceptors (Lipinski definition) is 7. The lowest BCUT2D eigenvalue weighted by atomic mass is 9.84. The van der Waals surface area contributed by atoms with Crippen molar-refractivity contribution in [3.8, 4) is 11.8 Å². The first-order chi connectivity index (χ1) is 14.3. The third-order valence-electron chi connectivity index (χ3n) is 5.88. The van der Waals surface area contributed by atoms with Crippen LogP contribution in [0.5, 0.6) is 0 Å². The molecule has 9 heteroatoms. The van der Waals surface area contributed by atoms with Gasteiger partial charge >= 0.3 is 11.9 Å². The summed E-state index contributed by atoms with van der Waals surface area (Å²) in [6, 6.07) is 9.72. The van der Waals surface area contributed by atoms with E-state index < -0.39 is 33.5 Å². The van der Waals surface area contributed by atoms with Gasteiger partial charge in [0.2, 0.25) is 5.91 Å². The Morgan fingerprint density at radius 3 is 2.30 bits per heavy atom. The number of nitrogens with zero attached hydrogens (tertiary/aromatic N) is 2. The van der Waals surface area contributed by atoms with E-state index in [1.54, 1.807) is 6.92 Å². The summed E-state index contributed by atoms with van der Waals surface area (Å²) in [5.74, 6) is 3.69. The second-order valence-corrected chi connectivity index (χ2v) is 10.3. The molecule has 3 aliphatic rings. The van der Waals surface area contributed by atoms with E-state index in [-0.39, 0.29) is 18.2 Å². The molecule has 1 aromatic rings. The highest BCUT2D eigenvalue weighted by Crippen LogP contribution is 2.62. The van der Waals surface area contributed by atoms with Gasteiger partial charge in [-0.3, -0.25) is 9.69 Å². The quantitative estimate of drug-likeness (QED) is 0.560. The molecule has 1 N–H and O–H groups in total. The van der Waals surface area contributed by atoms with Crippen LogP contribution in [0.3, 0.4) is 0 Å². The fourth-order valence-corrected chi connectivity index (χ4v) is 6.37. The highest BCUT2D eigenvalue weighted by molar-refractivity contribution is 8.28. The van der Waals surface area contributed by atoms with Crippen LogP contribution < -0.4 is 0 Å². The zero-order valence-electron chi connectivity index (χ0n) is 16.7. The van der Waals surface area contributed by atoms with Crippen molar-refractivity contribution in [2.75, 3.05) is 31.9 Å². The summed E-state index contributed by atoms with van der Waals surface area (Å²) in [5.41, 5.74) is 0.151. The van der Waals surface area contributed by atoms with Gasteiger partial charge in [0.05, 0.1) is 18.7 Å². The number of likely N-dealkylation sites (tertiary alicyclic amines) is 1. The summed E-state index contributed by atoms with van der Waals surface area (Å²) < 4.78 is 10.2. The number of carbonyl (C=O) groups is 3. The van der Waals surface area contributed by atoms with Gasteiger partial charge in [0, 0.05) is 13.1 Å². The largest absolute Gasteiger partial charge is 0.441 e. The molecule has 3 aliphatic heterocycles. The molecule has 1 aromatic carbocycles. The Morgan fingerprint density at radius 1 is 1.07 bits per heavy atom. The van der Waals surface area contributed by atoms with Crippen LogP contribution in [0, 0.1) is 11.8 Å². The molecule has 4 rings (SSSR count). The molecule has 1 unspecified atom stereocenters. The summed E-state index contributed by atoms with van der Waals surface area (Å²) in [6.07, 6.45) is 1.28. The van der Waals surface area contributed by atoms with Crippen molar-refractivity contribution in [3.63, 3.8) is 0 Å². The van der Waals surface area contributed by atoms with Crippen LogP contribution in [-0.4, -0.2) is 70.1 Å². The molecular formula is C21H24N2O6S. The van der Waals surface area contributed by atoms with E-state index in [2.05, 4.69) is 16.7 Å². The molecule has 0 radical (unpaired) electrons. The molecule has 160 valence electrons. The van der Waals surface area contributed by atoms with Crippen molar-refractivity contribution >= 4 is 28.4 Å². The number of carbonyl (C=O) groups excluding carboxylic acids is 3. The van der Waals surface area contributed by atoms with Crippen molar-refractivity contribution in [1.82, 2.24) is 9.80 Å². The zero-order valence-corrected chi connectivity index (χ0v) is 17.5. The summed E-state index contributed by atoms with van der Waals surface area (Å²) in [7, 11) is -2.53. The lowest BCUT2D eigenvalue weighted by Gasteiger charge is -2.37. The van der Waals surface area contributed by atoms with E-state index >= 15 is 0 Å². The van der Waals surface area contributed by atoms with Crippen molar-refractivity contribution < 1.29 is 27.9 Å². The van der Waals surface area contributed by atoms with Crippen LogP contribution >= 0.6 is 10.6 Å². The van der Waals surface area contributed by atoms with E-state index in [4.69, 9.17) is 8.37 Å². The molecule has 0 aromatic heterocycles. The third-order valence-corrected chi connectivity index (χ3v) is 8.69. The standard InChI is InChI=1S/C21H24N2O6S/c1-16-23(18(24)15-30(16)28-19(25)20(26)29-30)12-6-5-11-22-13-9-21(27,10-14-22)17-7-3-2-4-8-17/h2-4,7-8,16,27H,9-15H2,1H3. The Hall–Kier alpha value is -2.54. The number of rotatable bonds is 3. The van der Waals surface area contributed by atoms with Crippen molar-refractivity contribution in [3.05, 3.63) is 35.9 Å². The van der Waals surface area contributed by atoms with E-state index in [1.807, 2.05) is 30.3 Å². The maximum atomic E-state index is 12.3. The van der Waals surface area contributed by atoms with Crippen LogP contribution in [0.1, 0.15) is 25.3 Å². The van der Waals surface area contributed by atoms with Crippen LogP contribution in [0.15, 0.2) is 30.3 Å². The lowest BCUT2D eigenvalue weighted by molar-refractivity contribution is -0.150. The lowest BCUT2D eigenvalue weighted by Crippen LogP contribution is -2.42. The first kappa shape index (κ1) is 20.7. The molecule has 1 spiro atoms. The maximum Gasteiger partial charge on any atom is 0.441 e. The maximum absolute atomic E-state index is 12.3. The normalized spacial score (nSPS) is 26.1. The smallest absolute Gasteiger partial charge is 0.385 e. The van der Waals surface area contributed by atoms with E-state index in [9.17, 15) is 19.5 Å². The minimum absolute atomic E-state index is 0.0997. The Kier molecular flexibility index (Phi) is 5.49. The van der Waals surface area contributed by atoms with Crippen LogP contribution in [0.2, 0.25) is 0 Å². The van der Waals surface area contributed by atoms with Gasteiger partial charge in [0.1, 0.15) is 11.1 Å². The van der Waals surface area contributed by atoms with Gasteiger partial charge in [-0.25, -0.2) is 9.59 Å². The van der Waals surface area contributed by atoms with Crippen molar-refractivity contribution in [2.45, 2.75) is 30.7 Å². The molecule has 3 heterocycles. The Bertz CT molecular complexity index is 900. The molecule has 0 bridgehead atoms. The number of piperidine rings is 1. The van der Waals surface area contributed by atoms with Crippen molar-refractivity contribution in [1.29, 1.82) is 0 Å². The van der Waals surface area contributed by atoms with Gasteiger partial charge in [0.15, 0.2) is 0 Å². The SMILES string of the molecule is CC1N(CC#CCN2CCC(O)(c3ccccc3)CC2)C(=O)CS12OC(=O)C(=O)O2. The molecule has 0 saturated carbocycles. The molecule has 3 saturated heterocycles. The summed E-state index contributed by atoms with van der Waals surface area (Å²) in [6.45, 7) is 3.91. The number of benzene rings is 1. The van der Waals surface area contributed by atoms with Gasteiger partial charge in [-0.05, 0) is 25.3 Å². The monoisotopic (exact) mass is 432 g/mol. The molecule has 30 heavy (non-hydrogen) atoms. The van der Waals surface area contributed by atoms with E-state index in [1.165, 1.54) is 4.90 Å². The predicted molar refractivity (Wildman–Crippen MR) is 110 cm³/mol. The minimum Gasteiger partial charge on any atom is -0.385 e. The molecule has 1 amide bonds. The van der Waals surface area contributed by atoms with Crippen LogP contribution in [0.4, 0.5) is 0 Å². The Morgan fingerprint density at radius 2 is 1.67 bits per heavy atom.